The second-order valence-electron chi connectivity index (χ2n) is 8.51. The third-order valence-electron chi connectivity index (χ3n) is 5.74. The number of hydrazine groups is 1. The monoisotopic (exact) mass is 536 g/mol. The number of hydrogen-bond donors (Lipinski definition) is 3. The van der Waals surface area contributed by atoms with Crippen molar-refractivity contribution >= 4 is 52.6 Å². The minimum Gasteiger partial charge on any atom is -0.480 e. The zero-order valence-electron chi connectivity index (χ0n) is 20.7. The Morgan fingerprint density at radius 1 is 0.784 bits per heavy atom. The number of isothiocyanates is 1. The van der Waals surface area contributed by atoms with Crippen molar-refractivity contribution in [2.75, 3.05) is 77.0 Å². The molecule has 202 valence electrons. The number of benzene rings is 1. The van der Waals surface area contributed by atoms with Gasteiger partial charge in [0.2, 0.25) is 5.91 Å². The van der Waals surface area contributed by atoms with Crippen LogP contribution in [0.15, 0.2) is 29.3 Å². The lowest BCUT2D eigenvalue weighted by Crippen LogP contribution is -2.54. The summed E-state index contributed by atoms with van der Waals surface area (Å²) in [6.07, 6.45) is 0. The number of hydrogen-bond acceptors (Lipinski definition) is 10. The Balaban J connectivity index is 2.35. The van der Waals surface area contributed by atoms with Crippen LogP contribution in [0.1, 0.15) is 6.92 Å². The molecule has 0 bridgehead atoms. The first-order valence-electron chi connectivity index (χ1n) is 11.6. The molecule has 1 fully saturated rings. The largest absolute Gasteiger partial charge is 0.480 e. The lowest BCUT2D eigenvalue weighted by Gasteiger charge is -2.38. The van der Waals surface area contributed by atoms with Gasteiger partial charge in [0.05, 0.1) is 36.2 Å². The molecule has 1 aromatic carbocycles. The summed E-state index contributed by atoms with van der Waals surface area (Å²) in [5.41, 5.74) is 1.13. The number of thiocarbonyl (C=S) groups is 1. The van der Waals surface area contributed by atoms with Crippen LogP contribution >= 0.6 is 12.2 Å². The molecule has 1 aromatic rings. The van der Waals surface area contributed by atoms with E-state index in [9.17, 15) is 34.5 Å². The molecule has 0 atom stereocenters. The number of carboxylic acid groups (broad SMARTS) is 3. The predicted molar refractivity (Wildman–Crippen MR) is 138 cm³/mol. The lowest BCUT2D eigenvalue weighted by molar-refractivity contribution is -0.140. The Morgan fingerprint density at radius 2 is 1.16 bits per heavy atom. The second-order valence-corrected chi connectivity index (χ2v) is 8.70. The van der Waals surface area contributed by atoms with Gasteiger partial charge in [-0.25, -0.2) is 10.0 Å². The summed E-state index contributed by atoms with van der Waals surface area (Å²) in [5, 5.41) is 33.6. The van der Waals surface area contributed by atoms with E-state index >= 15 is 0 Å². The van der Waals surface area contributed by atoms with Gasteiger partial charge in [0.25, 0.3) is 0 Å². The third-order valence-corrected chi connectivity index (χ3v) is 5.83. The Bertz CT molecular complexity index is 970. The third kappa shape index (κ3) is 10.7. The predicted octanol–water partition coefficient (Wildman–Crippen LogP) is 0.164. The van der Waals surface area contributed by atoms with E-state index in [1.54, 1.807) is 44.0 Å². The molecule has 2 rings (SSSR count). The van der Waals surface area contributed by atoms with Crippen LogP contribution in [0.4, 0.5) is 11.4 Å². The van der Waals surface area contributed by atoms with Crippen molar-refractivity contribution in [1.29, 1.82) is 0 Å². The van der Waals surface area contributed by atoms with Crippen LogP contribution in [0.3, 0.4) is 0 Å². The highest BCUT2D eigenvalue weighted by Crippen LogP contribution is 2.22. The van der Waals surface area contributed by atoms with Gasteiger partial charge >= 0.3 is 17.9 Å². The maximum absolute atomic E-state index is 12.7. The second kappa shape index (κ2) is 15.1. The molecule has 14 heteroatoms. The summed E-state index contributed by atoms with van der Waals surface area (Å²) < 4.78 is 0. The molecule has 0 unspecified atom stereocenters. The van der Waals surface area contributed by atoms with E-state index in [1.165, 1.54) is 11.9 Å². The van der Waals surface area contributed by atoms with E-state index in [2.05, 4.69) is 22.4 Å². The van der Waals surface area contributed by atoms with Crippen molar-refractivity contribution in [3.63, 3.8) is 0 Å². The molecule has 1 saturated heterocycles. The maximum atomic E-state index is 12.7. The molecule has 0 aromatic heterocycles. The van der Waals surface area contributed by atoms with E-state index in [4.69, 9.17) is 0 Å². The van der Waals surface area contributed by atoms with Gasteiger partial charge in [0.15, 0.2) is 0 Å². The van der Waals surface area contributed by atoms with E-state index in [0.29, 0.717) is 24.5 Å². The number of anilines is 1. The van der Waals surface area contributed by atoms with Crippen LogP contribution < -0.4 is 5.01 Å². The standard InChI is InChI=1S/C23H32N6O7S/c1-18(30)29(20-4-2-19(3-5-20)24-17-37)28-12-10-26(15-22(33)34)8-6-25(14-21(31)32)7-9-27(11-13-28)16-23(35)36/h2-5H,6-16H2,1H3,(H,31,32)(H,33,34)(H,35,36). The molecule has 1 aliphatic rings. The molecule has 0 radical (unpaired) electrons. The quantitative estimate of drug-likeness (QED) is 0.291. The van der Waals surface area contributed by atoms with Crippen molar-refractivity contribution < 1.29 is 34.5 Å². The highest BCUT2D eigenvalue weighted by Gasteiger charge is 2.25. The van der Waals surface area contributed by atoms with Crippen molar-refractivity contribution in [3.8, 4) is 0 Å². The molecule has 1 amide bonds. The fourth-order valence-corrected chi connectivity index (χ4v) is 4.15. The number of aliphatic carboxylic acids is 3. The fourth-order valence-electron chi connectivity index (χ4n) is 4.04. The van der Waals surface area contributed by atoms with E-state index in [1.807, 2.05) is 0 Å². The number of nitrogens with zero attached hydrogens (tertiary/aromatic N) is 6. The molecule has 37 heavy (non-hydrogen) atoms. The zero-order chi connectivity index (χ0) is 27.4. The van der Waals surface area contributed by atoms with E-state index in [-0.39, 0.29) is 64.8 Å². The fraction of sp³-hybridized carbons (Fsp3) is 0.522. The van der Waals surface area contributed by atoms with Gasteiger partial charge in [0, 0.05) is 59.3 Å². The molecular weight excluding hydrogens is 504 g/mol. The summed E-state index contributed by atoms with van der Waals surface area (Å²) in [5.74, 6) is -3.34. The van der Waals surface area contributed by atoms with Gasteiger partial charge in [-0.1, -0.05) is 0 Å². The molecule has 0 saturated carbocycles. The molecular formula is C23H32N6O7S. The number of aliphatic imine (C=N–C) groups is 1. The van der Waals surface area contributed by atoms with E-state index in [0.717, 1.165) is 0 Å². The van der Waals surface area contributed by atoms with Crippen molar-refractivity contribution in [1.82, 2.24) is 19.7 Å². The van der Waals surface area contributed by atoms with Gasteiger partial charge in [-0.3, -0.25) is 33.9 Å². The summed E-state index contributed by atoms with van der Waals surface area (Å²) in [6.45, 7) is 2.94. The molecule has 1 heterocycles. The minimum atomic E-state index is -1.02. The SMILES string of the molecule is CC(=O)N(c1ccc(N=C=S)cc1)N1CCN(CC(=O)O)CCN(CC(=O)O)CCN(CC(=O)O)CC1. The van der Waals surface area contributed by atoms with Crippen LogP contribution in [-0.4, -0.2) is 136 Å². The van der Waals surface area contributed by atoms with Crippen LogP contribution in [0, 0.1) is 0 Å². The first-order valence-corrected chi connectivity index (χ1v) is 12.1. The van der Waals surface area contributed by atoms with Crippen LogP contribution in [0.5, 0.6) is 0 Å². The number of amides is 1. The Hall–Kier alpha value is -3.26. The normalized spacial score (nSPS) is 17.1. The smallest absolute Gasteiger partial charge is 0.317 e. The van der Waals surface area contributed by atoms with Gasteiger partial charge < -0.3 is 15.3 Å². The van der Waals surface area contributed by atoms with Crippen LogP contribution in [0.2, 0.25) is 0 Å². The number of carbonyl (C=O) groups excluding carboxylic acids is 1. The highest BCUT2D eigenvalue weighted by molar-refractivity contribution is 7.78. The van der Waals surface area contributed by atoms with Gasteiger partial charge in [-0.05, 0) is 36.5 Å². The first kappa shape index (κ1) is 30.0. The topological polar surface area (TPSA) is 158 Å². The van der Waals surface area contributed by atoms with Gasteiger partial charge in [-0.15, -0.1) is 0 Å². The molecule has 3 N–H and O–H groups in total. The minimum absolute atomic E-state index is 0.241. The molecule has 1 aliphatic heterocycles. The summed E-state index contributed by atoms with van der Waals surface area (Å²) >= 11 is 4.63. The van der Waals surface area contributed by atoms with Crippen molar-refractivity contribution in [3.05, 3.63) is 24.3 Å². The number of carbonyl (C=O) groups is 4. The first-order chi connectivity index (χ1) is 17.6. The Morgan fingerprint density at radius 3 is 1.49 bits per heavy atom. The van der Waals surface area contributed by atoms with Crippen LogP contribution in [-0.2, 0) is 19.2 Å². The Labute approximate surface area is 220 Å². The average molecular weight is 537 g/mol. The lowest BCUT2D eigenvalue weighted by atomic mass is 10.2. The Kier molecular flexibility index (Phi) is 12.2. The number of carboxylic acids is 3. The van der Waals surface area contributed by atoms with Gasteiger partial charge in [-0.2, -0.15) is 4.99 Å². The summed E-state index contributed by atoms with van der Waals surface area (Å²) in [7, 11) is 0. The van der Waals surface area contributed by atoms with E-state index < -0.39 is 17.9 Å². The van der Waals surface area contributed by atoms with Crippen LogP contribution in [0.25, 0.3) is 0 Å². The molecule has 13 nitrogen and oxygen atoms in total. The highest BCUT2D eigenvalue weighted by atomic mass is 32.1. The zero-order valence-corrected chi connectivity index (χ0v) is 21.5. The molecule has 0 spiro atoms. The number of rotatable bonds is 9. The van der Waals surface area contributed by atoms with Crippen molar-refractivity contribution in [2.24, 2.45) is 4.99 Å². The van der Waals surface area contributed by atoms with Crippen molar-refractivity contribution in [2.45, 2.75) is 6.92 Å². The molecule has 0 aliphatic carbocycles. The van der Waals surface area contributed by atoms with Gasteiger partial charge in [0.1, 0.15) is 0 Å². The summed E-state index contributed by atoms with van der Waals surface area (Å²) in [4.78, 5) is 56.0. The average Bonchev–Trinajstić information content (AvgIpc) is 2.80. The summed E-state index contributed by atoms with van der Waals surface area (Å²) in [6, 6.07) is 6.78. The maximum Gasteiger partial charge on any atom is 0.317 e.